The van der Waals surface area contributed by atoms with E-state index >= 15 is 0 Å². The first-order valence-corrected chi connectivity index (χ1v) is 8.91. The maximum Gasteiger partial charge on any atom is 0.229 e. The molecule has 7 heteroatoms. The van der Waals surface area contributed by atoms with Gasteiger partial charge in [-0.1, -0.05) is 0 Å². The molecule has 0 saturated carbocycles. The molecular formula is C17H20ClN3O2S. The summed E-state index contributed by atoms with van der Waals surface area (Å²) in [6.45, 7) is 2.59. The molecule has 2 aromatic rings. The second-order valence-corrected chi connectivity index (χ2v) is 6.83. The predicted octanol–water partition coefficient (Wildman–Crippen LogP) is 3.10. The van der Waals surface area contributed by atoms with Gasteiger partial charge in [0.25, 0.3) is 0 Å². The maximum atomic E-state index is 12.3. The quantitative estimate of drug-likeness (QED) is 0.877. The molecule has 0 unspecified atom stereocenters. The standard InChI is InChI=1S/C17H19N3O2S.ClH/c21-16(11-3-6-18-7-4-11)20-17-19-14(10-23-17)12-1-2-15-13(9-12)5-8-22-15;/h1-2,9-11,18H,3-8H2,(H,19,20,21);1H. The Morgan fingerprint density at radius 1 is 1.33 bits per heavy atom. The maximum absolute atomic E-state index is 12.3. The first kappa shape index (κ1) is 17.2. The topological polar surface area (TPSA) is 63.2 Å². The molecule has 5 nitrogen and oxygen atoms in total. The number of halogens is 1. The van der Waals surface area contributed by atoms with E-state index in [-0.39, 0.29) is 24.2 Å². The Kier molecular flexibility index (Phi) is 5.38. The van der Waals surface area contributed by atoms with E-state index in [2.05, 4.69) is 21.7 Å². The molecule has 3 heterocycles. The number of hydrogen-bond acceptors (Lipinski definition) is 5. The monoisotopic (exact) mass is 365 g/mol. The molecule has 24 heavy (non-hydrogen) atoms. The number of rotatable bonds is 3. The highest BCUT2D eigenvalue weighted by Gasteiger charge is 2.22. The predicted molar refractivity (Wildman–Crippen MR) is 98.2 cm³/mol. The summed E-state index contributed by atoms with van der Waals surface area (Å²) < 4.78 is 5.53. The van der Waals surface area contributed by atoms with Crippen LogP contribution in [-0.4, -0.2) is 30.6 Å². The summed E-state index contributed by atoms with van der Waals surface area (Å²) >= 11 is 1.48. The molecule has 1 aromatic heterocycles. The highest BCUT2D eigenvalue weighted by Crippen LogP contribution is 2.32. The van der Waals surface area contributed by atoms with Gasteiger partial charge in [0.15, 0.2) is 5.13 Å². The lowest BCUT2D eigenvalue weighted by Crippen LogP contribution is -2.34. The molecule has 128 valence electrons. The van der Waals surface area contributed by atoms with Crippen molar-refractivity contribution in [3.8, 4) is 17.0 Å². The van der Waals surface area contributed by atoms with Crippen LogP contribution in [0.1, 0.15) is 18.4 Å². The van der Waals surface area contributed by atoms with Crippen LogP contribution in [0.25, 0.3) is 11.3 Å². The molecule has 1 aromatic carbocycles. The van der Waals surface area contributed by atoms with E-state index in [1.54, 1.807) is 0 Å². The van der Waals surface area contributed by atoms with Gasteiger partial charge in [0.05, 0.1) is 12.3 Å². The number of thiazole rings is 1. The van der Waals surface area contributed by atoms with Crippen molar-refractivity contribution in [2.75, 3.05) is 25.0 Å². The van der Waals surface area contributed by atoms with E-state index in [0.717, 1.165) is 56.0 Å². The number of anilines is 1. The summed E-state index contributed by atoms with van der Waals surface area (Å²) in [6, 6.07) is 6.16. The Labute approximate surface area is 151 Å². The molecule has 1 amide bonds. The molecule has 0 spiro atoms. The molecule has 2 aliphatic heterocycles. The number of amides is 1. The minimum absolute atomic E-state index is 0. The van der Waals surface area contributed by atoms with Gasteiger partial charge in [-0.3, -0.25) is 4.79 Å². The Hall–Kier alpha value is -1.63. The second kappa shape index (κ2) is 7.51. The van der Waals surface area contributed by atoms with E-state index in [1.807, 2.05) is 17.5 Å². The smallest absolute Gasteiger partial charge is 0.229 e. The zero-order valence-corrected chi connectivity index (χ0v) is 14.8. The van der Waals surface area contributed by atoms with Crippen molar-refractivity contribution in [3.63, 3.8) is 0 Å². The van der Waals surface area contributed by atoms with Crippen LogP contribution in [0.15, 0.2) is 23.6 Å². The molecule has 2 N–H and O–H groups in total. The number of ether oxygens (including phenoxy) is 1. The lowest BCUT2D eigenvalue weighted by molar-refractivity contribution is -0.120. The third-order valence-electron chi connectivity index (χ3n) is 4.43. The third-order valence-corrected chi connectivity index (χ3v) is 5.19. The van der Waals surface area contributed by atoms with Gasteiger partial charge in [-0.05, 0) is 49.7 Å². The lowest BCUT2D eigenvalue weighted by atomic mass is 9.97. The minimum atomic E-state index is 0. The number of carbonyl (C=O) groups is 1. The van der Waals surface area contributed by atoms with Crippen molar-refractivity contribution in [3.05, 3.63) is 29.1 Å². The first-order valence-electron chi connectivity index (χ1n) is 8.03. The molecule has 1 saturated heterocycles. The van der Waals surface area contributed by atoms with Crippen molar-refractivity contribution in [1.29, 1.82) is 0 Å². The first-order chi connectivity index (χ1) is 11.3. The van der Waals surface area contributed by atoms with Crippen molar-refractivity contribution in [1.82, 2.24) is 10.3 Å². The van der Waals surface area contributed by atoms with Gasteiger partial charge in [0, 0.05) is 23.3 Å². The molecule has 1 fully saturated rings. The summed E-state index contributed by atoms with van der Waals surface area (Å²) in [4.78, 5) is 16.8. The summed E-state index contributed by atoms with van der Waals surface area (Å²) in [7, 11) is 0. The van der Waals surface area contributed by atoms with Crippen molar-refractivity contribution < 1.29 is 9.53 Å². The minimum Gasteiger partial charge on any atom is -0.493 e. The average Bonchev–Trinajstić information content (AvgIpc) is 3.23. The SMILES string of the molecule is Cl.O=C(Nc1nc(-c2ccc3c(c2)CCO3)cs1)C1CCNCC1. The van der Waals surface area contributed by atoms with Gasteiger partial charge >= 0.3 is 0 Å². The summed E-state index contributed by atoms with van der Waals surface area (Å²) in [5.74, 6) is 1.17. The molecule has 0 aliphatic carbocycles. The number of benzene rings is 1. The van der Waals surface area contributed by atoms with Crippen LogP contribution in [0, 0.1) is 5.92 Å². The van der Waals surface area contributed by atoms with Gasteiger partial charge in [-0.25, -0.2) is 4.98 Å². The Morgan fingerprint density at radius 2 is 2.17 bits per heavy atom. The van der Waals surface area contributed by atoms with Gasteiger partial charge in [-0.2, -0.15) is 0 Å². The number of carbonyl (C=O) groups excluding carboxylic acids is 1. The van der Waals surface area contributed by atoms with Crippen molar-refractivity contribution in [2.24, 2.45) is 5.92 Å². The van der Waals surface area contributed by atoms with Crippen LogP contribution < -0.4 is 15.4 Å². The van der Waals surface area contributed by atoms with Crippen molar-refractivity contribution in [2.45, 2.75) is 19.3 Å². The number of aromatic nitrogens is 1. The van der Waals surface area contributed by atoms with Gasteiger partial charge < -0.3 is 15.4 Å². The van der Waals surface area contributed by atoms with Crippen LogP contribution in [0.4, 0.5) is 5.13 Å². The largest absolute Gasteiger partial charge is 0.493 e. The zero-order valence-electron chi connectivity index (χ0n) is 13.2. The van der Waals surface area contributed by atoms with E-state index in [4.69, 9.17) is 4.74 Å². The molecule has 2 aliphatic rings. The summed E-state index contributed by atoms with van der Waals surface area (Å²) in [6.07, 6.45) is 2.75. The summed E-state index contributed by atoms with van der Waals surface area (Å²) in [5.41, 5.74) is 3.22. The van der Waals surface area contributed by atoms with E-state index in [1.165, 1.54) is 16.9 Å². The normalized spacial score (nSPS) is 16.8. The van der Waals surface area contributed by atoms with Crippen LogP contribution in [0.3, 0.4) is 0 Å². The Bertz CT molecular complexity index is 728. The Balaban J connectivity index is 0.00000169. The average molecular weight is 366 g/mol. The number of hydrogen-bond donors (Lipinski definition) is 2. The molecule has 0 bridgehead atoms. The second-order valence-electron chi connectivity index (χ2n) is 5.97. The van der Waals surface area contributed by atoms with Crippen LogP contribution in [0.2, 0.25) is 0 Å². The number of piperidine rings is 1. The molecule has 0 radical (unpaired) electrons. The molecule has 4 rings (SSSR count). The van der Waals surface area contributed by atoms with Gasteiger partial charge in [0.2, 0.25) is 5.91 Å². The summed E-state index contributed by atoms with van der Waals surface area (Å²) in [5, 5.41) is 8.92. The number of nitrogens with one attached hydrogen (secondary N) is 2. The number of nitrogens with zero attached hydrogens (tertiary/aromatic N) is 1. The van der Waals surface area contributed by atoms with Crippen LogP contribution in [0.5, 0.6) is 5.75 Å². The van der Waals surface area contributed by atoms with Gasteiger partial charge in [-0.15, -0.1) is 23.7 Å². The lowest BCUT2D eigenvalue weighted by Gasteiger charge is -2.20. The molecule has 0 atom stereocenters. The fourth-order valence-corrected chi connectivity index (χ4v) is 3.82. The van der Waals surface area contributed by atoms with Crippen LogP contribution in [-0.2, 0) is 11.2 Å². The molecular weight excluding hydrogens is 346 g/mol. The number of fused-ring (bicyclic) bond motifs is 1. The fourth-order valence-electron chi connectivity index (χ4n) is 3.10. The van der Waals surface area contributed by atoms with Crippen LogP contribution >= 0.6 is 23.7 Å². The third kappa shape index (κ3) is 3.55. The van der Waals surface area contributed by atoms with E-state index < -0.39 is 0 Å². The Morgan fingerprint density at radius 3 is 3.00 bits per heavy atom. The fraction of sp³-hybridized carbons (Fsp3) is 0.412. The van der Waals surface area contributed by atoms with Gasteiger partial charge in [0.1, 0.15) is 5.75 Å². The zero-order chi connectivity index (χ0) is 15.6. The highest BCUT2D eigenvalue weighted by atomic mass is 35.5. The highest BCUT2D eigenvalue weighted by molar-refractivity contribution is 7.14. The van der Waals surface area contributed by atoms with E-state index in [9.17, 15) is 4.79 Å². The van der Waals surface area contributed by atoms with Crippen molar-refractivity contribution >= 4 is 34.8 Å². The van der Waals surface area contributed by atoms with E-state index in [0.29, 0.717) is 5.13 Å².